The largest absolute Gasteiger partial charge is 1.00 e. The summed E-state index contributed by atoms with van der Waals surface area (Å²) in [5, 5.41) is 12.7. The van der Waals surface area contributed by atoms with Crippen molar-refractivity contribution in [1.29, 1.82) is 0 Å². The fraction of sp³-hybridized carbons (Fsp3) is 0.0968. The molecule has 0 aliphatic carbocycles. The predicted octanol–water partition coefficient (Wildman–Crippen LogP) is 4.71. The first-order valence-corrected chi connectivity index (χ1v) is 15.1. The van der Waals surface area contributed by atoms with Crippen molar-refractivity contribution >= 4 is 78.1 Å². The van der Waals surface area contributed by atoms with E-state index in [4.69, 9.17) is 0 Å². The van der Waals surface area contributed by atoms with Gasteiger partial charge in [0, 0.05) is 15.2 Å². The van der Waals surface area contributed by atoms with Crippen molar-refractivity contribution in [1.82, 2.24) is 0 Å². The molecule has 0 unspecified atom stereocenters. The van der Waals surface area contributed by atoms with Gasteiger partial charge in [-0.15, -0.1) is 0 Å². The average molecular weight is 682 g/mol. The molecule has 0 nitrogen and oxygen atoms in total. The van der Waals surface area contributed by atoms with Crippen LogP contribution in [0.1, 0.15) is 6.42 Å². The molecule has 0 aliphatic rings. The molecule has 3 heteroatoms. The van der Waals surface area contributed by atoms with Gasteiger partial charge in [0.15, 0.2) is 0 Å². The van der Waals surface area contributed by atoms with Crippen LogP contribution in [-0.2, 0) is 0 Å². The molecule has 6 aromatic carbocycles. The highest BCUT2D eigenvalue weighted by Crippen LogP contribution is 2.57. The molecule has 0 aliphatic heterocycles. The highest BCUT2D eigenvalue weighted by molar-refractivity contribution is 14.1. The van der Waals surface area contributed by atoms with E-state index in [1.807, 2.05) is 0 Å². The van der Waals surface area contributed by atoms with Gasteiger partial charge in [0.05, 0.1) is 6.16 Å². The van der Waals surface area contributed by atoms with Gasteiger partial charge in [-0.2, -0.15) is 0 Å². The van der Waals surface area contributed by atoms with E-state index in [9.17, 15) is 0 Å². The van der Waals surface area contributed by atoms with Gasteiger partial charge >= 0.3 is 0 Å². The maximum absolute atomic E-state index is 2.54. The number of halogens is 2. The highest BCUT2D eigenvalue weighted by Gasteiger charge is 2.45. The molecule has 0 spiro atoms. The minimum Gasteiger partial charge on any atom is -1.00 e. The van der Waals surface area contributed by atoms with Crippen LogP contribution in [0.15, 0.2) is 115 Å². The van der Waals surface area contributed by atoms with Gasteiger partial charge in [0.25, 0.3) is 0 Å². The summed E-state index contributed by atoms with van der Waals surface area (Å²) < 4.78 is 1.17. The van der Waals surface area contributed by atoms with Crippen LogP contribution in [0.25, 0.3) is 32.3 Å². The summed E-state index contributed by atoms with van der Waals surface area (Å²) in [7, 11) is -1.83. The van der Waals surface area contributed by atoms with Crippen LogP contribution in [0.3, 0.4) is 0 Å². The van der Waals surface area contributed by atoms with Crippen molar-refractivity contribution < 1.29 is 24.0 Å². The molecule has 0 fully saturated rings. The SMILES string of the molecule is ICCC[P+](c1ccccc1)(c1ccccc1)c1ccc2ccc3cccc4ccc1c2c34.[I-]. The Morgan fingerprint density at radius 3 is 1.65 bits per heavy atom. The Kier molecular flexibility index (Phi) is 7.11. The molecule has 0 radical (unpaired) electrons. The molecule has 0 heterocycles. The summed E-state index contributed by atoms with van der Waals surface area (Å²) >= 11 is 2.54. The number of hydrogen-bond acceptors (Lipinski definition) is 0. The maximum Gasteiger partial charge on any atom is 0.112 e. The van der Waals surface area contributed by atoms with Crippen molar-refractivity contribution in [2.24, 2.45) is 0 Å². The lowest BCUT2D eigenvalue weighted by Gasteiger charge is -2.29. The summed E-state index contributed by atoms with van der Waals surface area (Å²) in [6.45, 7) is 0. The Labute approximate surface area is 232 Å². The quantitative estimate of drug-likeness (QED) is 0.104. The maximum atomic E-state index is 2.54. The number of rotatable bonds is 6. The Morgan fingerprint density at radius 1 is 0.529 bits per heavy atom. The molecule has 168 valence electrons. The van der Waals surface area contributed by atoms with Gasteiger partial charge in [0.2, 0.25) is 0 Å². The molecule has 0 saturated heterocycles. The van der Waals surface area contributed by atoms with E-state index in [-0.39, 0.29) is 24.0 Å². The first kappa shape index (κ1) is 24.0. The van der Waals surface area contributed by atoms with Crippen LogP contribution in [0.5, 0.6) is 0 Å². The molecule has 0 atom stereocenters. The lowest BCUT2D eigenvalue weighted by Crippen LogP contribution is -3.00. The third kappa shape index (κ3) is 3.83. The van der Waals surface area contributed by atoms with Gasteiger partial charge in [-0.1, -0.05) is 101 Å². The number of benzene rings is 6. The van der Waals surface area contributed by atoms with E-state index >= 15 is 0 Å². The zero-order valence-electron chi connectivity index (χ0n) is 18.8. The summed E-state index contributed by atoms with van der Waals surface area (Å²) in [6.07, 6.45) is 2.40. The third-order valence-corrected chi connectivity index (χ3v) is 12.3. The van der Waals surface area contributed by atoms with Crippen molar-refractivity contribution in [3.63, 3.8) is 0 Å². The average Bonchev–Trinajstić information content (AvgIpc) is 2.89. The minimum atomic E-state index is -1.83. The lowest BCUT2D eigenvalue weighted by molar-refractivity contribution is -0.00000604. The second-order valence-corrected chi connectivity index (χ2v) is 13.3. The third-order valence-electron chi connectivity index (χ3n) is 6.94. The topological polar surface area (TPSA) is 0 Å². The molecular formula is C31H25I2P. The van der Waals surface area contributed by atoms with Crippen molar-refractivity contribution in [2.75, 3.05) is 10.6 Å². The first-order chi connectivity index (χ1) is 16.3. The summed E-state index contributed by atoms with van der Waals surface area (Å²) in [5.74, 6) is 0. The summed E-state index contributed by atoms with van der Waals surface area (Å²) in [4.78, 5) is 0. The Balaban J connectivity index is 0.00000241. The number of alkyl halides is 1. The molecule has 34 heavy (non-hydrogen) atoms. The van der Waals surface area contributed by atoms with E-state index in [1.165, 1.54) is 65.2 Å². The van der Waals surface area contributed by atoms with Crippen molar-refractivity contribution in [3.05, 3.63) is 115 Å². The van der Waals surface area contributed by atoms with Gasteiger partial charge in [-0.25, -0.2) is 0 Å². The molecule has 0 saturated carbocycles. The molecule has 6 rings (SSSR count). The summed E-state index contributed by atoms with van der Waals surface area (Å²) in [5.41, 5.74) is 0. The second kappa shape index (κ2) is 10.1. The molecule has 0 amide bonds. The van der Waals surface area contributed by atoms with Gasteiger partial charge in [-0.3, -0.25) is 0 Å². The Morgan fingerprint density at radius 2 is 1.06 bits per heavy atom. The minimum absolute atomic E-state index is 0. The zero-order chi connectivity index (χ0) is 22.3. The van der Waals surface area contributed by atoms with Crippen LogP contribution >= 0.6 is 29.9 Å². The van der Waals surface area contributed by atoms with Gasteiger partial charge < -0.3 is 24.0 Å². The number of hydrogen-bond donors (Lipinski definition) is 0. The Hall–Kier alpha value is -1.75. The summed E-state index contributed by atoms with van der Waals surface area (Å²) in [6, 6.07) is 43.4. The van der Waals surface area contributed by atoms with Crippen LogP contribution < -0.4 is 39.9 Å². The zero-order valence-corrected chi connectivity index (χ0v) is 24.0. The normalized spacial score (nSPS) is 11.8. The van der Waals surface area contributed by atoms with Crippen LogP contribution in [0.2, 0.25) is 0 Å². The monoisotopic (exact) mass is 682 g/mol. The van der Waals surface area contributed by atoms with Crippen molar-refractivity contribution in [3.8, 4) is 0 Å². The van der Waals surface area contributed by atoms with Gasteiger partial charge in [-0.05, 0) is 64.4 Å². The molecular weight excluding hydrogens is 657 g/mol. The smallest absolute Gasteiger partial charge is 0.112 e. The molecule has 0 aromatic heterocycles. The highest BCUT2D eigenvalue weighted by atomic mass is 127. The second-order valence-electron chi connectivity index (χ2n) is 8.69. The van der Waals surface area contributed by atoms with E-state index in [0.717, 1.165) is 0 Å². The van der Waals surface area contributed by atoms with Crippen LogP contribution in [-0.4, -0.2) is 10.6 Å². The molecule has 0 bridgehead atoms. The van der Waals surface area contributed by atoms with Gasteiger partial charge in [0.1, 0.15) is 23.2 Å². The standard InChI is InChI=1S/C31H25IP.HI/c32-21-8-22-33(26-11-3-1-4-12-26,27-13-5-2-6-14-27)29-20-18-25-16-15-23-9-7-10-24-17-19-28(29)31(25)30(23)24;/h1-7,9-20H,8,21-22H2;1H/q+1;/p-1. The van der Waals surface area contributed by atoms with Crippen LogP contribution in [0.4, 0.5) is 0 Å². The fourth-order valence-corrected chi connectivity index (χ4v) is 11.0. The molecule has 6 aromatic rings. The lowest BCUT2D eigenvalue weighted by atomic mass is 9.94. The van der Waals surface area contributed by atoms with E-state index < -0.39 is 7.26 Å². The molecule has 0 N–H and O–H groups in total. The Bertz CT molecular complexity index is 1490. The van der Waals surface area contributed by atoms with E-state index in [0.29, 0.717) is 0 Å². The van der Waals surface area contributed by atoms with Crippen molar-refractivity contribution in [2.45, 2.75) is 6.42 Å². The predicted molar refractivity (Wildman–Crippen MR) is 157 cm³/mol. The van der Waals surface area contributed by atoms with E-state index in [1.54, 1.807) is 0 Å². The fourth-order valence-electron chi connectivity index (χ4n) is 5.52. The first-order valence-electron chi connectivity index (χ1n) is 11.6. The van der Waals surface area contributed by atoms with Crippen LogP contribution in [0, 0.1) is 0 Å². The van der Waals surface area contributed by atoms with E-state index in [2.05, 4.69) is 138 Å².